The number of methoxy groups -OCH3 is 1. The number of rotatable bonds is 6. The van der Waals surface area contributed by atoms with Gasteiger partial charge in [-0.15, -0.1) is 0 Å². The number of esters is 1. The van der Waals surface area contributed by atoms with E-state index in [1.54, 1.807) is 0 Å². The van der Waals surface area contributed by atoms with E-state index in [2.05, 4.69) is 26.1 Å². The largest absolute Gasteiger partial charge is 0.468 e. The Bertz CT molecular complexity index is 422. The first-order valence-electron chi connectivity index (χ1n) is 7.14. The molecular weight excluding hydrogens is 250 g/mol. The Labute approximate surface area is 122 Å². The molecule has 3 heteroatoms. The maximum absolute atomic E-state index is 12.1. The maximum Gasteiger partial charge on any atom is 0.326 e. The van der Waals surface area contributed by atoms with Gasteiger partial charge in [-0.05, 0) is 30.9 Å². The fourth-order valence-electron chi connectivity index (χ4n) is 2.15. The van der Waals surface area contributed by atoms with Gasteiger partial charge in [-0.3, -0.25) is 4.79 Å². The normalized spacial score (nSPS) is 14.7. The third kappa shape index (κ3) is 5.33. The smallest absolute Gasteiger partial charge is 0.326 e. The van der Waals surface area contributed by atoms with E-state index in [4.69, 9.17) is 4.74 Å². The van der Waals surface area contributed by atoms with Crippen LogP contribution in [-0.4, -0.2) is 25.2 Å². The van der Waals surface area contributed by atoms with Crippen LogP contribution in [0.3, 0.4) is 0 Å². The van der Waals surface area contributed by atoms with Crippen LogP contribution in [0.2, 0.25) is 0 Å². The van der Waals surface area contributed by atoms with Crippen LogP contribution in [0.5, 0.6) is 0 Å². The van der Waals surface area contributed by atoms with Crippen LogP contribution in [0.25, 0.3) is 0 Å². The quantitative estimate of drug-likeness (QED) is 0.812. The van der Waals surface area contributed by atoms with Crippen LogP contribution in [0.15, 0.2) is 30.3 Å². The highest BCUT2D eigenvalue weighted by atomic mass is 16.5. The minimum absolute atomic E-state index is 0.213. The molecule has 0 radical (unpaired) electrons. The molecular formula is C17H27NO2. The molecule has 1 atom stereocenters. The van der Waals surface area contributed by atoms with Gasteiger partial charge in [0.15, 0.2) is 0 Å². The van der Waals surface area contributed by atoms with Crippen molar-refractivity contribution in [2.24, 2.45) is 5.41 Å². The number of hydrogen-bond donors (Lipinski definition) is 1. The molecule has 0 fully saturated rings. The summed E-state index contributed by atoms with van der Waals surface area (Å²) in [7, 11) is 1.44. The van der Waals surface area contributed by atoms with Crippen LogP contribution < -0.4 is 5.32 Å². The summed E-state index contributed by atoms with van der Waals surface area (Å²) in [4.78, 5) is 12.1. The Morgan fingerprint density at radius 2 is 1.75 bits per heavy atom. The lowest BCUT2D eigenvalue weighted by molar-refractivity contribution is -0.147. The van der Waals surface area contributed by atoms with Gasteiger partial charge in [0, 0.05) is 6.42 Å². The summed E-state index contributed by atoms with van der Waals surface area (Å²) in [5.41, 5.74) is 0.696. The Balaban J connectivity index is 2.74. The Morgan fingerprint density at radius 1 is 1.15 bits per heavy atom. The van der Waals surface area contributed by atoms with Gasteiger partial charge in [-0.2, -0.15) is 0 Å². The molecule has 0 heterocycles. The fraction of sp³-hybridized carbons (Fsp3) is 0.588. The highest BCUT2D eigenvalue weighted by Gasteiger charge is 2.34. The summed E-state index contributed by atoms with van der Waals surface area (Å²) >= 11 is 0. The van der Waals surface area contributed by atoms with Gasteiger partial charge in [-0.25, -0.2) is 0 Å². The molecule has 0 aliphatic carbocycles. The first kappa shape index (κ1) is 16.7. The third-order valence-corrected chi connectivity index (χ3v) is 3.43. The van der Waals surface area contributed by atoms with Gasteiger partial charge in [-0.1, -0.05) is 51.1 Å². The molecule has 1 unspecified atom stereocenters. The second-order valence-corrected chi connectivity index (χ2v) is 6.72. The van der Waals surface area contributed by atoms with Gasteiger partial charge in [0.2, 0.25) is 0 Å². The van der Waals surface area contributed by atoms with Crippen LogP contribution in [-0.2, 0) is 16.0 Å². The number of ether oxygens (including phenoxy) is 1. The van der Waals surface area contributed by atoms with E-state index in [-0.39, 0.29) is 11.4 Å². The number of hydrogen-bond acceptors (Lipinski definition) is 3. The molecule has 3 nitrogen and oxygen atoms in total. The number of benzene rings is 1. The van der Waals surface area contributed by atoms with E-state index in [0.29, 0.717) is 6.42 Å². The highest BCUT2D eigenvalue weighted by molar-refractivity contribution is 5.80. The zero-order valence-electron chi connectivity index (χ0n) is 13.3. The van der Waals surface area contributed by atoms with E-state index in [1.165, 1.54) is 7.11 Å². The molecule has 0 saturated heterocycles. The molecule has 1 aromatic carbocycles. The first-order valence-corrected chi connectivity index (χ1v) is 7.14. The molecule has 0 bridgehead atoms. The van der Waals surface area contributed by atoms with Crippen LogP contribution in [0, 0.1) is 5.41 Å². The van der Waals surface area contributed by atoms with Crippen molar-refractivity contribution in [3.8, 4) is 0 Å². The SMILES string of the molecule is COC(=O)C(C)(Cc1ccccc1)NCCC(C)(C)C. The summed E-state index contributed by atoms with van der Waals surface area (Å²) in [5, 5.41) is 3.38. The summed E-state index contributed by atoms with van der Waals surface area (Å²) in [5.74, 6) is -0.213. The van der Waals surface area contributed by atoms with E-state index in [9.17, 15) is 4.79 Å². The summed E-state index contributed by atoms with van der Waals surface area (Å²) in [6.45, 7) is 9.29. The second-order valence-electron chi connectivity index (χ2n) is 6.72. The summed E-state index contributed by atoms with van der Waals surface area (Å²) in [6, 6.07) is 10.0. The second kappa shape index (κ2) is 6.89. The molecule has 0 spiro atoms. The van der Waals surface area contributed by atoms with Crippen molar-refractivity contribution in [3.63, 3.8) is 0 Å². The predicted molar refractivity (Wildman–Crippen MR) is 82.6 cm³/mol. The van der Waals surface area contributed by atoms with Crippen molar-refractivity contribution in [2.45, 2.75) is 46.1 Å². The number of nitrogens with one attached hydrogen (secondary N) is 1. The van der Waals surface area contributed by atoms with Gasteiger partial charge >= 0.3 is 5.97 Å². The van der Waals surface area contributed by atoms with Crippen molar-refractivity contribution in [3.05, 3.63) is 35.9 Å². The molecule has 1 aromatic rings. The van der Waals surface area contributed by atoms with Crippen molar-refractivity contribution in [2.75, 3.05) is 13.7 Å². The third-order valence-electron chi connectivity index (χ3n) is 3.43. The standard InChI is InChI=1S/C17H27NO2/c1-16(2,3)11-12-18-17(4,15(19)20-5)13-14-9-7-6-8-10-14/h6-10,18H,11-13H2,1-5H3. The van der Waals surface area contributed by atoms with Gasteiger partial charge in [0.25, 0.3) is 0 Å². The molecule has 0 saturated carbocycles. The Morgan fingerprint density at radius 3 is 2.25 bits per heavy atom. The molecule has 0 aliphatic rings. The average Bonchev–Trinajstić information content (AvgIpc) is 2.37. The lowest BCUT2D eigenvalue weighted by atomic mass is 9.89. The van der Waals surface area contributed by atoms with Crippen molar-refractivity contribution < 1.29 is 9.53 Å². The van der Waals surface area contributed by atoms with Crippen molar-refractivity contribution in [1.82, 2.24) is 5.32 Å². The van der Waals surface area contributed by atoms with E-state index < -0.39 is 5.54 Å². The van der Waals surface area contributed by atoms with Crippen molar-refractivity contribution in [1.29, 1.82) is 0 Å². The molecule has 112 valence electrons. The summed E-state index contributed by atoms with van der Waals surface area (Å²) in [6.07, 6.45) is 1.64. The fourth-order valence-corrected chi connectivity index (χ4v) is 2.15. The van der Waals surface area contributed by atoms with Gasteiger partial charge in [0.05, 0.1) is 7.11 Å². The van der Waals surface area contributed by atoms with Crippen molar-refractivity contribution >= 4 is 5.97 Å². The predicted octanol–water partition coefficient (Wildman–Crippen LogP) is 3.19. The topological polar surface area (TPSA) is 38.3 Å². The summed E-state index contributed by atoms with van der Waals surface area (Å²) < 4.78 is 4.97. The van der Waals surface area contributed by atoms with E-state index in [1.807, 2.05) is 37.3 Å². The number of carbonyl (C=O) groups excluding carboxylic acids is 1. The maximum atomic E-state index is 12.1. The van der Waals surface area contributed by atoms with Crippen LogP contribution in [0.4, 0.5) is 0 Å². The molecule has 0 aromatic heterocycles. The molecule has 20 heavy (non-hydrogen) atoms. The van der Waals surface area contributed by atoms with E-state index >= 15 is 0 Å². The Kier molecular flexibility index (Phi) is 5.75. The molecule has 1 N–H and O–H groups in total. The van der Waals surface area contributed by atoms with Crippen LogP contribution >= 0.6 is 0 Å². The zero-order chi connectivity index (χ0) is 15.2. The van der Waals surface area contributed by atoms with Crippen LogP contribution in [0.1, 0.15) is 39.7 Å². The lowest BCUT2D eigenvalue weighted by Gasteiger charge is -2.30. The Hall–Kier alpha value is -1.35. The molecule has 1 rings (SSSR count). The van der Waals surface area contributed by atoms with Gasteiger partial charge < -0.3 is 10.1 Å². The molecule has 0 aliphatic heterocycles. The zero-order valence-corrected chi connectivity index (χ0v) is 13.3. The highest BCUT2D eigenvalue weighted by Crippen LogP contribution is 2.20. The van der Waals surface area contributed by atoms with Gasteiger partial charge in [0.1, 0.15) is 5.54 Å². The first-order chi connectivity index (χ1) is 9.27. The minimum atomic E-state index is -0.679. The average molecular weight is 277 g/mol. The molecule has 0 amide bonds. The monoisotopic (exact) mass is 277 g/mol. The number of carbonyl (C=O) groups is 1. The lowest BCUT2D eigenvalue weighted by Crippen LogP contribution is -2.52. The van der Waals surface area contributed by atoms with E-state index in [0.717, 1.165) is 18.5 Å². The minimum Gasteiger partial charge on any atom is -0.468 e.